The van der Waals surface area contributed by atoms with Gasteiger partial charge in [0.25, 0.3) is 5.91 Å². The van der Waals surface area contributed by atoms with E-state index in [-0.39, 0.29) is 11.8 Å². The molecule has 0 spiro atoms. The highest BCUT2D eigenvalue weighted by Gasteiger charge is 2.28. The summed E-state index contributed by atoms with van der Waals surface area (Å²) in [5.74, 6) is -0.104. The van der Waals surface area contributed by atoms with E-state index < -0.39 is 0 Å². The van der Waals surface area contributed by atoms with Gasteiger partial charge < -0.3 is 0 Å². The van der Waals surface area contributed by atoms with Gasteiger partial charge in [0, 0.05) is 6.21 Å². The van der Waals surface area contributed by atoms with Crippen LogP contribution in [0.1, 0.15) is 13.3 Å². The molecule has 0 saturated heterocycles. The maximum absolute atomic E-state index is 11.8. The van der Waals surface area contributed by atoms with Crippen molar-refractivity contribution in [1.29, 1.82) is 0 Å². The molecule has 3 nitrogen and oxygen atoms in total. The largest absolute Gasteiger partial charge is 0.272 e. The Bertz CT molecular complexity index is 377. The van der Waals surface area contributed by atoms with Gasteiger partial charge in [-0.2, -0.15) is 5.10 Å². The predicted octanol–water partition coefficient (Wildman–Crippen LogP) is 2.65. The van der Waals surface area contributed by atoms with Crippen molar-refractivity contribution in [1.82, 2.24) is 5.01 Å². The number of hydrogen-bond acceptors (Lipinski definition) is 2. The molecule has 0 aromatic carbocycles. The van der Waals surface area contributed by atoms with Crippen LogP contribution in [0.2, 0.25) is 0 Å². The van der Waals surface area contributed by atoms with E-state index in [0.29, 0.717) is 5.70 Å². The molecule has 0 aliphatic carbocycles. The van der Waals surface area contributed by atoms with Gasteiger partial charge in [0.2, 0.25) is 0 Å². The number of carbonyl (C=O) groups excluding carboxylic acids is 1. The Labute approximate surface area is 96.1 Å². The Hall–Kier alpha value is -1.90. The summed E-state index contributed by atoms with van der Waals surface area (Å²) in [4.78, 5) is 11.8. The highest BCUT2D eigenvalue weighted by Crippen LogP contribution is 2.18. The van der Waals surface area contributed by atoms with Gasteiger partial charge in [0.15, 0.2) is 0 Å². The Kier molecular flexibility index (Phi) is 4.45. The fourth-order valence-electron chi connectivity index (χ4n) is 1.36. The molecule has 1 aliphatic rings. The Morgan fingerprint density at radius 3 is 2.81 bits per heavy atom. The predicted molar refractivity (Wildman–Crippen MR) is 66.7 cm³/mol. The van der Waals surface area contributed by atoms with Gasteiger partial charge in [-0.3, -0.25) is 4.79 Å². The molecule has 1 unspecified atom stereocenters. The molecule has 0 bridgehead atoms. The van der Waals surface area contributed by atoms with Crippen LogP contribution in [0.25, 0.3) is 0 Å². The van der Waals surface area contributed by atoms with E-state index >= 15 is 0 Å². The van der Waals surface area contributed by atoms with Gasteiger partial charge >= 0.3 is 0 Å². The van der Waals surface area contributed by atoms with Crippen LogP contribution in [0.15, 0.2) is 54.3 Å². The summed E-state index contributed by atoms with van der Waals surface area (Å²) in [5.41, 5.74) is 0.676. The van der Waals surface area contributed by atoms with E-state index in [9.17, 15) is 4.79 Å². The quantitative estimate of drug-likeness (QED) is 0.650. The third kappa shape index (κ3) is 2.57. The second-order valence-corrected chi connectivity index (χ2v) is 3.35. The molecule has 1 atom stereocenters. The molecule has 16 heavy (non-hydrogen) atoms. The molecule has 0 fully saturated rings. The van der Waals surface area contributed by atoms with E-state index in [1.165, 1.54) is 5.01 Å². The third-order valence-electron chi connectivity index (χ3n) is 2.30. The molecule has 0 N–H and O–H groups in total. The average molecular weight is 216 g/mol. The van der Waals surface area contributed by atoms with Gasteiger partial charge in [-0.15, -0.1) is 0 Å². The number of carbonyl (C=O) groups is 1. The Morgan fingerprint density at radius 1 is 1.56 bits per heavy atom. The summed E-state index contributed by atoms with van der Waals surface area (Å²) >= 11 is 0. The molecule has 0 aromatic rings. The number of amides is 1. The summed E-state index contributed by atoms with van der Waals surface area (Å²) in [5, 5.41) is 5.46. The van der Waals surface area contributed by atoms with Crippen LogP contribution in [0.4, 0.5) is 0 Å². The van der Waals surface area contributed by atoms with Crippen molar-refractivity contribution in [3.63, 3.8) is 0 Å². The minimum Gasteiger partial charge on any atom is -0.272 e. The monoisotopic (exact) mass is 216 g/mol. The van der Waals surface area contributed by atoms with E-state index in [1.807, 2.05) is 6.92 Å². The lowest BCUT2D eigenvalue weighted by atomic mass is 10.1. The number of hydrazone groups is 1. The maximum Gasteiger partial charge on any atom is 0.255 e. The number of rotatable bonds is 5. The van der Waals surface area contributed by atoms with Crippen LogP contribution in [-0.2, 0) is 4.79 Å². The summed E-state index contributed by atoms with van der Waals surface area (Å²) < 4.78 is 0. The minimum atomic E-state index is -0.105. The molecule has 1 aliphatic heterocycles. The molecule has 0 radical (unpaired) electrons. The topological polar surface area (TPSA) is 32.7 Å². The minimum absolute atomic E-state index is 0.000605. The van der Waals surface area contributed by atoms with Crippen molar-refractivity contribution in [2.45, 2.75) is 13.3 Å². The van der Waals surface area contributed by atoms with Gasteiger partial charge in [-0.1, -0.05) is 38.3 Å². The van der Waals surface area contributed by atoms with Crippen LogP contribution < -0.4 is 0 Å². The average Bonchev–Trinajstić information content (AvgIpc) is 2.66. The first kappa shape index (κ1) is 12.2. The van der Waals surface area contributed by atoms with Crippen molar-refractivity contribution in [2.75, 3.05) is 0 Å². The fourth-order valence-corrected chi connectivity index (χ4v) is 1.36. The molecule has 1 heterocycles. The van der Waals surface area contributed by atoms with Gasteiger partial charge in [-0.05, 0) is 18.6 Å². The lowest BCUT2D eigenvalue weighted by Crippen LogP contribution is -2.24. The van der Waals surface area contributed by atoms with Crippen molar-refractivity contribution in [2.24, 2.45) is 11.0 Å². The summed E-state index contributed by atoms with van der Waals surface area (Å²) in [6.45, 7) is 9.21. The number of hydrogen-bond donors (Lipinski definition) is 0. The number of nitrogens with zero attached hydrogens (tertiary/aromatic N) is 2. The van der Waals surface area contributed by atoms with E-state index in [4.69, 9.17) is 0 Å². The fraction of sp³-hybridized carbons (Fsp3) is 0.231. The second-order valence-electron chi connectivity index (χ2n) is 3.35. The van der Waals surface area contributed by atoms with Crippen molar-refractivity contribution >= 4 is 12.1 Å². The second kappa shape index (κ2) is 5.85. The SMILES string of the molecule is C=C/C=C\C=C(/C=C)N1N=CC(CC)C1=O. The summed E-state index contributed by atoms with van der Waals surface area (Å²) in [7, 11) is 0. The highest BCUT2D eigenvalue weighted by atomic mass is 16.2. The first-order valence-electron chi connectivity index (χ1n) is 5.24. The molecule has 0 aromatic heterocycles. The van der Waals surface area contributed by atoms with E-state index in [0.717, 1.165) is 6.42 Å². The Morgan fingerprint density at radius 2 is 2.31 bits per heavy atom. The van der Waals surface area contributed by atoms with Crippen molar-refractivity contribution in [3.05, 3.63) is 49.2 Å². The maximum atomic E-state index is 11.8. The van der Waals surface area contributed by atoms with Crippen LogP contribution >= 0.6 is 0 Å². The lowest BCUT2D eigenvalue weighted by molar-refractivity contribution is -0.129. The summed E-state index contributed by atoms with van der Waals surface area (Å²) in [6.07, 6.45) is 11.1. The van der Waals surface area contributed by atoms with Crippen LogP contribution in [0.3, 0.4) is 0 Å². The van der Waals surface area contributed by atoms with Gasteiger partial charge in [0.1, 0.15) is 0 Å². The molecule has 84 valence electrons. The highest BCUT2D eigenvalue weighted by molar-refractivity contribution is 5.98. The van der Waals surface area contributed by atoms with Crippen LogP contribution in [0.5, 0.6) is 0 Å². The first-order chi connectivity index (χ1) is 7.74. The molecule has 1 rings (SSSR count). The standard InChI is InChI=1S/C13H16N2O/c1-4-7-8-9-12(6-3)15-13(16)11(5-2)10-14-15/h4,6-11H,1,3,5H2,2H3/b8-7-,12-9+. The lowest BCUT2D eigenvalue weighted by Gasteiger charge is -2.13. The van der Waals surface area contributed by atoms with Crippen LogP contribution in [-0.4, -0.2) is 17.1 Å². The third-order valence-corrected chi connectivity index (χ3v) is 2.30. The first-order valence-corrected chi connectivity index (χ1v) is 5.24. The van der Waals surface area contributed by atoms with E-state index in [1.54, 1.807) is 36.6 Å². The zero-order chi connectivity index (χ0) is 12.0. The van der Waals surface area contributed by atoms with Crippen LogP contribution in [0, 0.1) is 5.92 Å². The smallest absolute Gasteiger partial charge is 0.255 e. The van der Waals surface area contributed by atoms with Gasteiger partial charge in [0.05, 0.1) is 11.6 Å². The molecular weight excluding hydrogens is 200 g/mol. The van der Waals surface area contributed by atoms with Gasteiger partial charge in [-0.25, -0.2) is 5.01 Å². The summed E-state index contributed by atoms with van der Waals surface area (Å²) in [6, 6.07) is 0. The molecule has 3 heteroatoms. The van der Waals surface area contributed by atoms with Crippen molar-refractivity contribution in [3.8, 4) is 0 Å². The zero-order valence-corrected chi connectivity index (χ0v) is 9.47. The van der Waals surface area contributed by atoms with Crippen molar-refractivity contribution < 1.29 is 4.79 Å². The Balaban J connectivity index is 2.84. The zero-order valence-electron chi connectivity index (χ0n) is 9.47. The normalized spacial score (nSPS) is 20.8. The molecule has 0 saturated carbocycles. The molecular formula is C13H16N2O. The number of allylic oxidation sites excluding steroid dienone is 5. The molecule has 1 amide bonds. The van der Waals surface area contributed by atoms with E-state index in [2.05, 4.69) is 18.3 Å².